The molecule has 6 heteroatoms. The molecule has 1 aliphatic rings. The van der Waals surface area contributed by atoms with E-state index in [1.807, 2.05) is 23.1 Å². The van der Waals surface area contributed by atoms with E-state index in [2.05, 4.69) is 66.8 Å². The van der Waals surface area contributed by atoms with Gasteiger partial charge in [-0.25, -0.2) is 4.79 Å². The van der Waals surface area contributed by atoms with Crippen LogP contribution in [0.4, 0.5) is 4.79 Å². The lowest BCUT2D eigenvalue weighted by Crippen LogP contribution is -2.38. The van der Waals surface area contributed by atoms with Crippen LogP contribution < -0.4 is 10.6 Å². The number of carbonyl (C=O) groups excluding carboxylic acids is 2. The van der Waals surface area contributed by atoms with Crippen molar-refractivity contribution in [3.8, 4) is 0 Å². The molecule has 0 aliphatic carbocycles. The van der Waals surface area contributed by atoms with Crippen LogP contribution in [0.1, 0.15) is 48.9 Å². The van der Waals surface area contributed by atoms with Gasteiger partial charge >= 0.3 is 6.03 Å². The quantitative estimate of drug-likeness (QED) is 0.589. The number of benzene rings is 2. The lowest BCUT2D eigenvalue weighted by atomic mass is 9.99. The van der Waals surface area contributed by atoms with E-state index < -0.39 is 0 Å². The monoisotopic (exact) mass is 436 g/mol. The normalized spacial score (nSPS) is 13.2. The summed E-state index contributed by atoms with van der Waals surface area (Å²) in [5.74, 6) is 0.157. The lowest BCUT2D eigenvalue weighted by molar-refractivity contribution is -0.132. The van der Waals surface area contributed by atoms with Gasteiger partial charge < -0.3 is 15.5 Å². The van der Waals surface area contributed by atoms with Gasteiger partial charge in [-0.15, -0.1) is 0 Å². The molecule has 3 rings (SSSR count). The van der Waals surface area contributed by atoms with Gasteiger partial charge in [0.05, 0.1) is 0 Å². The summed E-state index contributed by atoms with van der Waals surface area (Å²) in [7, 11) is 2.10. The SMILES string of the molecule is CC(C)N(C)Cc1ccccc1CNC(=O)NCCCC(=O)N1CCc2ccccc2C1. The minimum atomic E-state index is -0.198. The second kappa shape index (κ2) is 11.7. The maximum Gasteiger partial charge on any atom is 0.315 e. The van der Waals surface area contributed by atoms with Crippen molar-refractivity contribution in [3.05, 3.63) is 70.8 Å². The number of hydrogen-bond donors (Lipinski definition) is 2. The average Bonchev–Trinajstić information content (AvgIpc) is 2.80. The van der Waals surface area contributed by atoms with Crippen LogP contribution in [0.2, 0.25) is 0 Å². The van der Waals surface area contributed by atoms with Crippen molar-refractivity contribution >= 4 is 11.9 Å². The first-order valence-electron chi connectivity index (χ1n) is 11.6. The molecule has 0 atom stereocenters. The van der Waals surface area contributed by atoms with Crippen LogP contribution in [0.15, 0.2) is 48.5 Å². The molecule has 0 radical (unpaired) electrons. The molecule has 0 spiro atoms. The van der Waals surface area contributed by atoms with Gasteiger partial charge in [-0.2, -0.15) is 0 Å². The van der Waals surface area contributed by atoms with Crippen molar-refractivity contribution in [2.45, 2.75) is 58.8 Å². The molecule has 172 valence electrons. The summed E-state index contributed by atoms with van der Waals surface area (Å²) in [4.78, 5) is 28.9. The highest BCUT2D eigenvalue weighted by molar-refractivity contribution is 5.77. The van der Waals surface area contributed by atoms with Crippen molar-refractivity contribution in [2.24, 2.45) is 0 Å². The zero-order valence-corrected chi connectivity index (χ0v) is 19.6. The topological polar surface area (TPSA) is 64.7 Å². The zero-order chi connectivity index (χ0) is 22.9. The van der Waals surface area contributed by atoms with Crippen LogP contribution >= 0.6 is 0 Å². The molecule has 0 bridgehead atoms. The third-order valence-electron chi connectivity index (χ3n) is 6.20. The zero-order valence-electron chi connectivity index (χ0n) is 19.6. The molecule has 0 fully saturated rings. The summed E-state index contributed by atoms with van der Waals surface area (Å²) < 4.78 is 0. The molecule has 3 amide bonds. The van der Waals surface area contributed by atoms with Gasteiger partial charge in [-0.3, -0.25) is 9.69 Å². The number of fused-ring (bicyclic) bond motifs is 1. The van der Waals surface area contributed by atoms with Crippen molar-refractivity contribution in [3.63, 3.8) is 0 Å². The molecule has 0 aromatic heterocycles. The second-order valence-corrected chi connectivity index (χ2v) is 8.82. The predicted molar refractivity (Wildman–Crippen MR) is 128 cm³/mol. The third kappa shape index (κ3) is 6.82. The molecular formula is C26H36N4O2. The lowest BCUT2D eigenvalue weighted by Gasteiger charge is -2.29. The highest BCUT2D eigenvalue weighted by atomic mass is 16.2. The fourth-order valence-corrected chi connectivity index (χ4v) is 3.88. The first kappa shape index (κ1) is 23.8. The summed E-state index contributed by atoms with van der Waals surface area (Å²) in [6, 6.07) is 16.8. The third-order valence-corrected chi connectivity index (χ3v) is 6.20. The van der Waals surface area contributed by atoms with E-state index in [0.29, 0.717) is 38.5 Å². The second-order valence-electron chi connectivity index (χ2n) is 8.82. The number of nitrogens with one attached hydrogen (secondary N) is 2. The van der Waals surface area contributed by atoms with Gasteiger partial charge in [0.2, 0.25) is 5.91 Å². The Balaban J connectivity index is 1.36. The number of nitrogens with zero attached hydrogens (tertiary/aromatic N) is 2. The van der Waals surface area contributed by atoms with E-state index in [0.717, 1.165) is 25.1 Å². The molecule has 2 aromatic rings. The van der Waals surface area contributed by atoms with E-state index in [4.69, 9.17) is 0 Å². The van der Waals surface area contributed by atoms with Gasteiger partial charge in [0.25, 0.3) is 0 Å². The van der Waals surface area contributed by atoms with E-state index in [-0.39, 0.29) is 11.9 Å². The minimum Gasteiger partial charge on any atom is -0.338 e. The van der Waals surface area contributed by atoms with E-state index >= 15 is 0 Å². The Morgan fingerprint density at radius 3 is 2.44 bits per heavy atom. The molecule has 2 aromatic carbocycles. The fourth-order valence-electron chi connectivity index (χ4n) is 3.88. The molecule has 6 nitrogen and oxygen atoms in total. The largest absolute Gasteiger partial charge is 0.338 e. The van der Waals surface area contributed by atoms with Crippen LogP contribution in [0, 0.1) is 0 Å². The van der Waals surface area contributed by atoms with Crippen LogP contribution in [-0.4, -0.2) is 47.9 Å². The number of rotatable bonds is 9. The first-order valence-corrected chi connectivity index (χ1v) is 11.6. The summed E-state index contributed by atoms with van der Waals surface area (Å²) in [6.45, 7) is 7.62. The summed E-state index contributed by atoms with van der Waals surface area (Å²) in [5, 5.41) is 5.81. The van der Waals surface area contributed by atoms with Crippen LogP contribution in [0.5, 0.6) is 0 Å². The van der Waals surface area contributed by atoms with Crippen molar-refractivity contribution in [1.82, 2.24) is 20.4 Å². The molecule has 1 heterocycles. The van der Waals surface area contributed by atoms with Gasteiger partial charge in [0.15, 0.2) is 0 Å². The predicted octanol–water partition coefficient (Wildman–Crippen LogP) is 3.69. The summed E-state index contributed by atoms with van der Waals surface area (Å²) in [6.07, 6.45) is 2.00. The highest BCUT2D eigenvalue weighted by Crippen LogP contribution is 2.19. The minimum absolute atomic E-state index is 0.157. The molecular weight excluding hydrogens is 400 g/mol. The molecule has 0 unspecified atom stereocenters. The average molecular weight is 437 g/mol. The fraction of sp³-hybridized carbons (Fsp3) is 0.462. The number of amides is 3. The molecule has 0 saturated carbocycles. The highest BCUT2D eigenvalue weighted by Gasteiger charge is 2.19. The van der Waals surface area contributed by atoms with E-state index in [1.54, 1.807) is 0 Å². The standard InChI is InChI=1S/C26H36N4O2/c1-20(2)29(3)18-23-11-7-5-10-22(23)17-28-26(32)27-15-8-13-25(31)30-16-14-21-9-4-6-12-24(21)19-30/h4-7,9-12,20H,8,13-19H2,1-3H3,(H2,27,28,32). The molecule has 0 saturated heterocycles. The van der Waals surface area contributed by atoms with Crippen molar-refractivity contribution in [2.75, 3.05) is 20.1 Å². The number of urea groups is 1. The smallest absolute Gasteiger partial charge is 0.315 e. The maximum atomic E-state index is 12.5. The van der Waals surface area contributed by atoms with Crippen molar-refractivity contribution < 1.29 is 9.59 Å². The molecule has 1 aliphatic heterocycles. The van der Waals surface area contributed by atoms with Gasteiger partial charge in [-0.05, 0) is 56.0 Å². The summed E-state index contributed by atoms with van der Waals surface area (Å²) in [5.41, 5.74) is 4.92. The Kier molecular flexibility index (Phi) is 8.68. The Bertz CT molecular complexity index is 912. The molecule has 32 heavy (non-hydrogen) atoms. The Labute approximate surface area is 192 Å². The first-order chi connectivity index (χ1) is 15.4. The Hall–Kier alpha value is -2.86. The van der Waals surface area contributed by atoms with Gasteiger partial charge in [0.1, 0.15) is 0 Å². The van der Waals surface area contributed by atoms with Gasteiger partial charge in [-0.1, -0.05) is 48.5 Å². The van der Waals surface area contributed by atoms with Gasteiger partial charge in [0, 0.05) is 45.2 Å². The Morgan fingerprint density at radius 2 is 1.69 bits per heavy atom. The van der Waals surface area contributed by atoms with E-state index in [9.17, 15) is 9.59 Å². The van der Waals surface area contributed by atoms with Crippen LogP contribution in [0.25, 0.3) is 0 Å². The number of carbonyl (C=O) groups is 2. The van der Waals surface area contributed by atoms with Crippen molar-refractivity contribution in [1.29, 1.82) is 0 Å². The molecule has 2 N–H and O–H groups in total. The number of hydrogen-bond acceptors (Lipinski definition) is 3. The van der Waals surface area contributed by atoms with E-state index in [1.165, 1.54) is 16.7 Å². The summed E-state index contributed by atoms with van der Waals surface area (Å²) >= 11 is 0. The van der Waals surface area contributed by atoms with Crippen LogP contribution in [-0.2, 0) is 30.8 Å². The Morgan fingerprint density at radius 1 is 1.00 bits per heavy atom. The van der Waals surface area contributed by atoms with Crippen LogP contribution in [0.3, 0.4) is 0 Å². The maximum absolute atomic E-state index is 12.5.